The molecule has 0 atom stereocenters. The van der Waals surface area contributed by atoms with Gasteiger partial charge in [0.25, 0.3) is 5.91 Å². The third kappa shape index (κ3) is 6.39. The number of likely N-dealkylation sites (tertiary alicyclic amines) is 1. The molecular formula is C21H25IN2O3. The molecule has 1 fully saturated rings. The normalized spacial score (nSPS) is 15.3. The third-order valence-electron chi connectivity index (χ3n) is 4.68. The molecule has 5 nitrogen and oxygen atoms in total. The first kappa shape index (κ1) is 19.9. The number of rotatable bonds is 7. The highest BCUT2D eigenvalue weighted by Crippen LogP contribution is 2.18. The van der Waals surface area contributed by atoms with Crippen LogP contribution in [-0.2, 0) is 11.3 Å². The average Bonchev–Trinajstić information content (AvgIpc) is 2.69. The predicted molar refractivity (Wildman–Crippen MR) is 114 cm³/mol. The Morgan fingerprint density at radius 3 is 2.59 bits per heavy atom. The summed E-state index contributed by atoms with van der Waals surface area (Å²) in [5.74, 6) is 1.56. The van der Waals surface area contributed by atoms with E-state index in [1.165, 1.54) is 5.56 Å². The van der Waals surface area contributed by atoms with Gasteiger partial charge >= 0.3 is 0 Å². The first-order valence-electron chi connectivity index (χ1n) is 9.15. The van der Waals surface area contributed by atoms with E-state index < -0.39 is 0 Å². The lowest BCUT2D eigenvalue weighted by Gasteiger charge is -2.32. The Balaban J connectivity index is 1.38. The molecule has 0 bridgehead atoms. The Morgan fingerprint density at radius 2 is 1.89 bits per heavy atom. The zero-order chi connectivity index (χ0) is 19.1. The van der Waals surface area contributed by atoms with E-state index in [0.717, 1.165) is 47.5 Å². The van der Waals surface area contributed by atoms with Gasteiger partial charge in [-0.25, -0.2) is 0 Å². The summed E-state index contributed by atoms with van der Waals surface area (Å²) in [5, 5.41) is 3.09. The number of benzene rings is 2. The number of hydrogen-bond donors (Lipinski definition) is 1. The van der Waals surface area contributed by atoms with Crippen molar-refractivity contribution in [2.75, 3.05) is 26.8 Å². The van der Waals surface area contributed by atoms with Crippen molar-refractivity contribution in [3.8, 4) is 11.5 Å². The number of nitrogens with one attached hydrogen (secondary N) is 1. The molecule has 1 saturated heterocycles. The Morgan fingerprint density at radius 1 is 1.15 bits per heavy atom. The van der Waals surface area contributed by atoms with Crippen molar-refractivity contribution in [2.24, 2.45) is 0 Å². The second-order valence-electron chi connectivity index (χ2n) is 6.71. The van der Waals surface area contributed by atoms with Crippen LogP contribution in [0.5, 0.6) is 11.5 Å². The quantitative estimate of drug-likeness (QED) is 0.617. The molecule has 1 aliphatic heterocycles. The van der Waals surface area contributed by atoms with Gasteiger partial charge < -0.3 is 14.8 Å². The average molecular weight is 480 g/mol. The van der Waals surface area contributed by atoms with Crippen LogP contribution >= 0.6 is 22.6 Å². The lowest BCUT2D eigenvalue weighted by molar-refractivity contribution is -0.124. The van der Waals surface area contributed by atoms with Crippen LogP contribution in [0.15, 0.2) is 48.5 Å². The highest BCUT2D eigenvalue weighted by molar-refractivity contribution is 14.1. The van der Waals surface area contributed by atoms with Crippen molar-refractivity contribution in [2.45, 2.75) is 25.4 Å². The summed E-state index contributed by atoms with van der Waals surface area (Å²) in [7, 11) is 1.69. The van der Waals surface area contributed by atoms with Crippen LogP contribution in [0.2, 0.25) is 0 Å². The molecule has 1 amide bonds. The second kappa shape index (κ2) is 9.94. The minimum Gasteiger partial charge on any atom is -0.497 e. The van der Waals surface area contributed by atoms with E-state index in [1.54, 1.807) is 7.11 Å². The Kier molecular flexibility index (Phi) is 7.34. The standard InChI is InChI=1S/C21H25IN2O3/c1-26-20-4-2-3-16(13-20)14-24-11-9-18(10-12-24)23-21(25)15-27-19-7-5-17(22)6-8-19/h2-8,13,18H,9-12,14-15H2,1H3,(H,23,25). The fraction of sp³-hybridized carbons (Fsp3) is 0.381. The molecule has 0 unspecified atom stereocenters. The lowest BCUT2D eigenvalue weighted by Crippen LogP contribution is -2.45. The van der Waals surface area contributed by atoms with Gasteiger partial charge in [-0.2, -0.15) is 0 Å². The van der Waals surface area contributed by atoms with Crippen molar-refractivity contribution >= 4 is 28.5 Å². The summed E-state index contributed by atoms with van der Waals surface area (Å²) in [6, 6.07) is 16.1. The van der Waals surface area contributed by atoms with Crippen LogP contribution in [-0.4, -0.2) is 43.7 Å². The van der Waals surface area contributed by atoms with Gasteiger partial charge in [-0.3, -0.25) is 9.69 Å². The second-order valence-corrected chi connectivity index (χ2v) is 7.96. The number of carbonyl (C=O) groups is 1. The molecule has 27 heavy (non-hydrogen) atoms. The molecule has 2 aromatic carbocycles. The predicted octanol–water partition coefficient (Wildman–Crippen LogP) is 3.46. The van der Waals surface area contributed by atoms with E-state index in [1.807, 2.05) is 36.4 Å². The molecule has 144 valence electrons. The maximum atomic E-state index is 12.1. The maximum absolute atomic E-state index is 12.1. The van der Waals surface area contributed by atoms with E-state index in [-0.39, 0.29) is 18.6 Å². The maximum Gasteiger partial charge on any atom is 0.258 e. The monoisotopic (exact) mass is 480 g/mol. The number of methoxy groups -OCH3 is 1. The number of hydrogen-bond acceptors (Lipinski definition) is 4. The third-order valence-corrected chi connectivity index (χ3v) is 5.40. The largest absolute Gasteiger partial charge is 0.497 e. The van der Waals surface area contributed by atoms with Gasteiger partial charge in [0.1, 0.15) is 11.5 Å². The zero-order valence-corrected chi connectivity index (χ0v) is 17.6. The fourth-order valence-electron chi connectivity index (χ4n) is 3.21. The van der Waals surface area contributed by atoms with Gasteiger partial charge in [0.2, 0.25) is 0 Å². The molecule has 0 aromatic heterocycles. The molecule has 0 spiro atoms. The van der Waals surface area contributed by atoms with Gasteiger partial charge in [0.15, 0.2) is 6.61 Å². The summed E-state index contributed by atoms with van der Waals surface area (Å²) in [6.07, 6.45) is 1.92. The van der Waals surface area contributed by atoms with Crippen molar-refractivity contribution in [3.05, 3.63) is 57.7 Å². The van der Waals surface area contributed by atoms with Crippen molar-refractivity contribution in [1.29, 1.82) is 0 Å². The topological polar surface area (TPSA) is 50.8 Å². The summed E-state index contributed by atoms with van der Waals surface area (Å²) in [5.41, 5.74) is 1.25. The number of ether oxygens (including phenoxy) is 2. The summed E-state index contributed by atoms with van der Waals surface area (Å²) < 4.78 is 12.0. The highest BCUT2D eigenvalue weighted by Gasteiger charge is 2.21. The van der Waals surface area contributed by atoms with E-state index in [9.17, 15) is 4.79 Å². The SMILES string of the molecule is COc1cccc(CN2CCC(NC(=O)COc3ccc(I)cc3)CC2)c1. The van der Waals surface area contributed by atoms with Gasteiger partial charge in [-0.05, 0) is 77.4 Å². The Labute approximate surface area is 174 Å². The summed E-state index contributed by atoms with van der Waals surface area (Å²) in [4.78, 5) is 14.5. The van der Waals surface area contributed by atoms with Crippen molar-refractivity contribution in [1.82, 2.24) is 10.2 Å². The smallest absolute Gasteiger partial charge is 0.258 e. The van der Waals surface area contributed by atoms with Crippen molar-refractivity contribution < 1.29 is 14.3 Å². The van der Waals surface area contributed by atoms with Crippen LogP contribution < -0.4 is 14.8 Å². The van der Waals surface area contributed by atoms with E-state index in [4.69, 9.17) is 9.47 Å². The zero-order valence-electron chi connectivity index (χ0n) is 15.5. The molecule has 6 heteroatoms. The number of amides is 1. The Bertz CT molecular complexity index is 743. The van der Waals surface area contributed by atoms with E-state index in [2.05, 4.69) is 44.9 Å². The number of nitrogens with zero attached hydrogens (tertiary/aromatic N) is 1. The molecule has 3 rings (SSSR count). The minimum absolute atomic E-state index is 0.0557. The summed E-state index contributed by atoms with van der Waals surface area (Å²) >= 11 is 2.24. The molecule has 1 N–H and O–H groups in total. The molecule has 0 radical (unpaired) electrons. The number of carbonyl (C=O) groups excluding carboxylic acids is 1. The lowest BCUT2D eigenvalue weighted by atomic mass is 10.0. The molecule has 1 aliphatic rings. The minimum atomic E-state index is -0.0557. The molecule has 0 saturated carbocycles. The number of piperidine rings is 1. The van der Waals surface area contributed by atoms with Gasteiger partial charge in [-0.1, -0.05) is 12.1 Å². The van der Waals surface area contributed by atoms with Gasteiger partial charge in [0, 0.05) is 29.2 Å². The van der Waals surface area contributed by atoms with Crippen LogP contribution in [0.1, 0.15) is 18.4 Å². The number of halogens is 1. The van der Waals surface area contributed by atoms with E-state index in [0.29, 0.717) is 0 Å². The van der Waals surface area contributed by atoms with Gasteiger partial charge in [0.05, 0.1) is 7.11 Å². The fourth-order valence-corrected chi connectivity index (χ4v) is 3.57. The highest BCUT2D eigenvalue weighted by atomic mass is 127. The van der Waals surface area contributed by atoms with Gasteiger partial charge in [-0.15, -0.1) is 0 Å². The molecule has 1 heterocycles. The first-order valence-corrected chi connectivity index (χ1v) is 10.2. The molecule has 2 aromatic rings. The van der Waals surface area contributed by atoms with Crippen LogP contribution in [0.3, 0.4) is 0 Å². The molecule has 0 aliphatic carbocycles. The van der Waals surface area contributed by atoms with Crippen LogP contribution in [0.25, 0.3) is 0 Å². The summed E-state index contributed by atoms with van der Waals surface area (Å²) in [6.45, 7) is 2.92. The van der Waals surface area contributed by atoms with E-state index >= 15 is 0 Å². The van der Waals surface area contributed by atoms with Crippen molar-refractivity contribution in [3.63, 3.8) is 0 Å². The first-order chi connectivity index (χ1) is 13.1. The Hall–Kier alpha value is -1.80. The van der Waals surface area contributed by atoms with Crippen LogP contribution in [0, 0.1) is 3.57 Å². The molecular weight excluding hydrogens is 455 g/mol. The van der Waals surface area contributed by atoms with Crippen LogP contribution in [0.4, 0.5) is 0 Å².